The van der Waals surface area contributed by atoms with Crippen molar-refractivity contribution in [3.05, 3.63) is 60.4 Å². The molecule has 0 unspecified atom stereocenters. The minimum absolute atomic E-state index is 0.0434. The fraction of sp³-hybridized carbons (Fsp3) is 0.500. The molecule has 0 aromatic carbocycles. The van der Waals surface area contributed by atoms with Crippen molar-refractivity contribution in [3.8, 4) is 0 Å². The van der Waals surface area contributed by atoms with Crippen molar-refractivity contribution in [2.24, 2.45) is 11.5 Å². The summed E-state index contributed by atoms with van der Waals surface area (Å²) in [7, 11) is 0. The van der Waals surface area contributed by atoms with Gasteiger partial charge in [0.15, 0.2) is 23.0 Å². The van der Waals surface area contributed by atoms with Gasteiger partial charge >= 0.3 is 12.4 Å². The Bertz CT molecular complexity index is 1920. The lowest BCUT2D eigenvalue weighted by molar-refractivity contribution is -0.144. The third-order valence-electron chi connectivity index (χ3n) is 10.9. The predicted molar refractivity (Wildman–Crippen MR) is 205 cm³/mol. The molecule has 4 saturated heterocycles. The minimum atomic E-state index is -4.56. The van der Waals surface area contributed by atoms with Crippen LogP contribution in [0.15, 0.2) is 68.9 Å². The molecule has 8 rings (SSSR count). The summed E-state index contributed by atoms with van der Waals surface area (Å²) in [5.41, 5.74) is 22.0. The monoisotopic (exact) mass is 852 g/mol. The minimum Gasteiger partial charge on any atom is -0.381 e. The van der Waals surface area contributed by atoms with E-state index in [1.807, 2.05) is 9.80 Å². The first-order valence-electron chi connectivity index (χ1n) is 18.5. The second kappa shape index (κ2) is 16.8. The highest BCUT2D eigenvalue weighted by Gasteiger charge is 2.46. The van der Waals surface area contributed by atoms with Crippen LogP contribution in [0.1, 0.15) is 49.9 Å². The lowest BCUT2D eigenvalue weighted by Gasteiger charge is -2.41. The number of hydrogen-bond donors (Lipinski definition) is 4. The average molecular weight is 853 g/mol. The number of piperidine rings is 2. The van der Waals surface area contributed by atoms with Gasteiger partial charge in [0, 0.05) is 73.7 Å². The highest BCUT2D eigenvalue weighted by atomic mass is 32.2. The van der Waals surface area contributed by atoms with Gasteiger partial charge in [0.1, 0.15) is 21.7 Å². The van der Waals surface area contributed by atoms with Crippen LogP contribution in [0.4, 0.5) is 49.6 Å². The first kappa shape index (κ1) is 41.9. The van der Waals surface area contributed by atoms with Crippen LogP contribution >= 0.6 is 23.5 Å². The van der Waals surface area contributed by atoms with E-state index in [2.05, 4.69) is 29.9 Å². The predicted octanol–water partition coefficient (Wildman–Crippen LogP) is 5.42. The van der Waals surface area contributed by atoms with E-state index >= 15 is 0 Å². The van der Waals surface area contributed by atoms with Gasteiger partial charge in [0.05, 0.1) is 23.6 Å². The molecule has 0 bridgehead atoms. The van der Waals surface area contributed by atoms with Crippen molar-refractivity contribution in [2.45, 2.75) is 94.0 Å². The molecule has 0 amide bonds. The number of nitrogens with two attached hydrogens (primary N) is 4. The maximum Gasteiger partial charge on any atom is 0.434 e. The molecule has 2 spiro atoms. The van der Waals surface area contributed by atoms with Gasteiger partial charge in [-0.1, -0.05) is 23.5 Å². The van der Waals surface area contributed by atoms with Gasteiger partial charge in [-0.3, -0.25) is 9.97 Å². The largest absolute Gasteiger partial charge is 0.434 e. The molecule has 0 aliphatic carbocycles. The van der Waals surface area contributed by atoms with Crippen molar-refractivity contribution in [3.63, 3.8) is 0 Å². The zero-order valence-corrected chi connectivity index (χ0v) is 32.7. The van der Waals surface area contributed by atoms with Crippen LogP contribution in [0.25, 0.3) is 0 Å². The third kappa shape index (κ3) is 9.00. The van der Waals surface area contributed by atoms with E-state index in [0.29, 0.717) is 51.0 Å². The molecule has 312 valence electrons. The van der Waals surface area contributed by atoms with Gasteiger partial charge in [-0.05, 0) is 62.8 Å². The summed E-state index contributed by atoms with van der Waals surface area (Å²) in [4.78, 5) is 28.1. The number of hydrogen-bond acceptors (Lipinski definition) is 16. The molecule has 4 fully saturated rings. The standard InChI is InChI=1S/2C18H21F3N6OS/c2*19-18(20,21)14-11(2-1-6-24-14)29-16-15(23)26-13(10-25-16)27-7-4-17(5-8-27)12(22)3-9-28-17/h2*1-2,6,10,12H,3-5,7-9,22H2,(H2,23,26)/t2*12-/m10/s1. The Morgan fingerprint density at radius 3 is 1.31 bits per heavy atom. The highest BCUT2D eigenvalue weighted by molar-refractivity contribution is 7.99. The molecular formula is C36H42F6N12O2S2. The first-order chi connectivity index (χ1) is 27.6. The van der Waals surface area contributed by atoms with E-state index in [1.165, 1.54) is 36.7 Å². The van der Waals surface area contributed by atoms with Crippen molar-refractivity contribution >= 4 is 46.8 Å². The summed E-state index contributed by atoms with van der Waals surface area (Å²) in [5.74, 6) is 1.35. The number of pyridine rings is 2. The summed E-state index contributed by atoms with van der Waals surface area (Å²) in [5, 5.41) is 0.420. The summed E-state index contributed by atoms with van der Waals surface area (Å²) >= 11 is 1.60. The van der Waals surface area contributed by atoms with E-state index < -0.39 is 23.7 Å². The summed E-state index contributed by atoms with van der Waals surface area (Å²) in [6.45, 7) is 4.19. The van der Waals surface area contributed by atoms with Crippen LogP contribution < -0.4 is 32.7 Å². The topological polar surface area (TPSA) is 206 Å². The van der Waals surface area contributed by atoms with E-state index in [1.54, 1.807) is 0 Å². The summed E-state index contributed by atoms with van der Waals surface area (Å²) in [6.07, 6.45) is 1.06. The van der Waals surface area contributed by atoms with Crippen LogP contribution in [0.5, 0.6) is 0 Å². The summed E-state index contributed by atoms with van der Waals surface area (Å²) < 4.78 is 90.7. The molecule has 22 heteroatoms. The number of alkyl halides is 6. The third-order valence-corrected chi connectivity index (χ3v) is 13.0. The molecule has 8 heterocycles. The van der Waals surface area contributed by atoms with Gasteiger partial charge in [0.2, 0.25) is 0 Å². The molecule has 4 aromatic rings. The Morgan fingerprint density at radius 1 is 0.621 bits per heavy atom. The van der Waals surface area contributed by atoms with Crippen LogP contribution in [-0.2, 0) is 21.8 Å². The van der Waals surface area contributed by atoms with Crippen LogP contribution in [0.3, 0.4) is 0 Å². The van der Waals surface area contributed by atoms with Gasteiger partial charge in [0.25, 0.3) is 0 Å². The van der Waals surface area contributed by atoms with Crippen molar-refractivity contribution in [1.29, 1.82) is 0 Å². The lowest BCUT2D eigenvalue weighted by atomic mass is 9.85. The smallest absolute Gasteiger partial charge is 0.381 e. The number of anilines is 4. The van der Waals surface area contributed by atoms with Gasteiger partial charge in [-0.15, -0.1) is 0 Å². The molecule has 0 saturated carbocycles. The number of aromatic nitrogens is 6. The van der Waals surface area contributed by atoms with Gasteiger partial charge < -0.3 is 42.2 Å². The normalized spacial score (nSPS) is 21.7. The quantitative estimate of drug-likeness (QED) is 0.179. The molecule has 4 aromatic heterocycles. The maximum atomic E-state index is 13.1. The molecule has 2 atom stereocenters. The molecule has 58 heavy (non-hydrogen) atoms. The fourth-order valence-corrected chi connectivity index (χ4v) is 9.34. The molecule has 14 nitrogen and oxygen atoms in total. The SMILES string of the molecule is Nc1nc(N2CCC3(CC2)OCC[C@@H]3N)cnc1Sc1cccnc1C(F)(F)F.Nc1nc(N2CCC3(CC2)OCC[C@H]3N)cnc1Sc1cccnc1C(F)(F)F. The first-order valence-corrected chi connectivity index (χ1v) is 20.1. The molecule has 0 radical (unpaired) electrons. The number of nitrogens with zero attached hydrogens (tertiary/aromatic N) is 8. The van der Waals surface area contributed by atoms with Gasteiger partial charge in [-0.2, -0.15) is 26.3 Å². The Kier molecular flexibility index (Phi) is 12.1. The van der Waals surface area contributed by atoms with E-state index in [9.17, 15) is 26.3 Å². The Morgan fingerprint density at radius 2 is 1.00 bits per heavy atom. The summed E-state index contributed by atoms with van der Waals surface area (Å²) in [6, 6.07) is 5.64. The number of ether oxygens (including phenoxy) is 2. The second-order valence-electron chi connectivity index (χ2n) is 14.3. The molecule has 4 aliphatic heterocycles. The fourth-order valence-electron chi connectivity index (χ4n) is 7.58. The van der Waals surface area contributed by atoms with Crippen LogP contribution in [0, 0.1) is 0 Å². The average Bonchev–Trinajstić information content (AvgIpc) is 3.73. The van der Waals surface area contributed by atoms with Crippen molar-refractivity contribution in [2.75, 3.05) is 60.7 Å². The lowest BCUT2D eigenvalue weighted by Crippen LogP contribution is -2.53. The Labute approximate surface area is 338 Å². The van der Waals surface area contributed by atoms with Crippen molar-refractivity contribution < 1.29 is 35.8 Å². The number of halogens is 6. The second-order valence-corrected chi connectivity index (χ2v) is 16.4. The zero-order valence-electron chi connectivity index (χ0n) is 31.0. The number of nitrogen functional groups attached to an aromatic ring is 2. The Hall–Kier alpha value is -4.22. The maximum absolute atomic E-state index is 13.1. The molecule has 4 aliphatic rings. The zero-order chi connectivity index (χ0) is 41.3. The number of rotatable bonds is 6. The van der Waals surface area contributed by atoms with E-state index in [-0.39, 0.29) is 54.8 Å². The Balaban J connectivity index is 0.000000177. The van der Waals surface area contributed by atoms with Crippen molar-refractivity contribution in [1.82, 2.24) is 29.9 Å². The molecule has 8 N–H and O–H groups in total. The van der Waals surface area contributed by atoms with E-state index in [0.717, 1.165) is 74.4 Å². The van der Waals surface area contributed by atoms with Crippen LogP contribution in [0.2, 0.25) is 0 Å². The van der Waals surface area contributed by atoms with Crippen LogP contribution in [-0.4, -0.2) is 92.6 Å². The van der Waals surface area contributed by atoms with Gasteiger partial charge in [-0.25, -0.2) is 19.9 Å². The molecular weight excluding hydrogens is 811 g/mol. The van der Waals surface area contributed by atoms with E-state index in [4.69, 9.17) is 32.4 Å². The highest BCUT2D eigenvalue weighted by Crippen LogP contribution is 2.42.